The van der Waals surface area contributed by atoms with E-state index in [9.17, 15) is 0 Å². The van der Waals surface area contributed by atoms with E-state index in [0.717, 1.165) is 12.8 Å². The minimum Gasteiger partial charge on any atom is -0.218 e. The molecule has 0 aromatic carbocycles. The van der Waals surface area contributed by atoms with Crippen LogP contribution in [-0.2, 0) is 0 Å². The van der Waals surface area contributed by atoms with Gasteiger partial charge in [0.05, 0.1) is 5.16 Å². The third-order valence-corrected chi connectivity index (χ3v) is 2.00. The maximum absolute atomic E-state index is 4.48. The lowest BCUT2D eigenvalue weighted by Crippen LogP contribution is -1.94. The number of rotatable bonds is 4. The van der Waals surface area contributed by atoms with Gasteiger partial charge in [-0.05, 0) is 24.9 Å². The van der Waals surface area contributed by atoms with Crippen molar-refractivity contribution in [1.29, 1.82) is 0 Å². The molecule has 0 saturated carbocycles. The smallest absolute Gasteiger partial charge is 0.105 e. The van der Waals surface area contributed by atoms with Gasteiger partial charge in [-0.15, -0.1) is 11.8 Å². The summed E-state index contributed by atoms with van der Waals surface area (Å²) < 4.78 is 0. The van der Waals surface area contributed by atoms with E-state index >= 15 is 0 Å². The molecule has 0 N–H and O–H groups in total. The maximum Gasteiger partial charge on any atom is 0.105 e. The van der Waals surface area contributed by atoms with Crippen molar-refractivity contribution >= 4 is 29.1 Å². The molecule has 0 spiro atoms. The normalized spacial score (nSPS) is 12.2. The Morgan fingerprint density at radius 3 is 2.78 bits per heavy atom. The largest absolute Gasteiger partial charge is 0.218 e. The molecule has 0 amide bonds. The number of aliphatic imine (C=N–C) groups is 1. The van der Waals surface area contributed by atoms with Crippen molar-refractivity contribution < 1.29 is 0 Å². The molecule has 0 aliphatic rings. The number of hydrogen-bond acceptors (Lipinski definition) is 3. The Hall–Kier alpha value is 0.150. The first-order valence-corrected chi connectivity index (χ1v) is 4.64. The third-order valence-electron chi connectivity index (χ3n) is 1.00. The summed E-state index contributed by atoms with van der Waals surface area (Å²) in [6.07, 6.45) is 4.30. The minimum absolute atomic E-state index is 0.340. The van der Waals surface area contributed by atoms with Crippen LogP contribution >= 0.6 is 24.0 Å². The van der Waals surface area contributed by atoms with Crippen LogP contribution in [0.15, 0.2) is 4.99 Å². The van der Waals surface area contributed by atoms with Gasteiger partial charge in [0, 0.05) is 0 Å². The SMILES string of the molecule is CCCC(N=C=S)SC. The van der Waals surface area contributed by atoms with Gasteiger partial charge in [0.25, 0.3) is 0 Å². The van der Waals surface area contributed by atoms with Crippen LogP contribution in [0, 0.1) is 0 Å². The van der Waals surface area contributed by atoms with Gasteiger partial charge in [0.1, 0.15) is 5.37 Å². The molecule has 0 aromatic heterocycles. The van der Waals surface area contributed by atoms with Gasteiger partial charge in [-0.3, -0.25) is 0 Å². The zero-order valence-corrected chi connectivity index (χ0v) is 7.39. The highest BCUT2D eigenvalue weighted by atomic mass is 32.2. The maximum atomic E-state index is 4.48. The van der Waals surface area contributed by atoms with E-state index < -0.39 is 0 Å². The van der Waals surface area contributed by atoms with Crippen LogP contribution in [0.3, 0.4) is 0 Å². The summed E-state index contributed by atoms with van der Waals surface area (Å²) in [4.78, 5) is 3.96. The Labute approximate surface area is 65.9 Å². The van der Waals surface area contributed by atoms with Crippen LogP contribution < -0.4 is 0 Å². The molecule has 0 aliphatic heterocycles. The topological polar surface area (TPSA) is 12.4 Å². The highest BCUT2D eigenvalue weighted by molar-refractivity contribution is 7.99. The molecule has 9 heavy (non-hydrogen) atoms. The van der Waals surface area contributed by atoms with E-state index in [1.54, 1.807) is 11.8 Å². The van der Waals surface area contributed by atoms with Crippen molar-refractivity contribution in [2.24, 2.45) is 4.99 Å². The summed E-state index contributed by atoms with van der Waals surface area (Å²) in [6.45, 7) is 2.14. The second-order valence-corrected chi connectivity index (χ2v) is 2.90. The number of nitrogens with zero attached hydrogens (tertiary/aromatic N) is 1. The Kier molecular flexibility index (Phi) is 6.38. The monoisotopic (exact) mass is 161 g/mol. The molecule has 3 heteroatoms. The van der Waals surface area contributed by atoms with E-state index in [1.807, 2.05) is 6.26 Å². The quantitative estimate of drug-likeness (QED) is 0.464. The highest BCUT2D eigenvalue weighted by Gasteiger charge is 1.99. The van der Waals surface area contributed by atoms with E-state index in [4.69, 9.17) is 0 Å². The second kappa shape index (κ2) is 6.27. The van der Waals surface area contributed by atoms with Crippen LogP contribution in [0.5, 0.6) is 0 Å². The summed E-state index contributed by atoms with van der Waals surface area (Å²) in [6, 6.07) is 0. The molecule has 1 unspecified atom stereocenters. The lowest BCUT2D eigenvalue weighted by molar-refractivity contribution is 0.771. The zero-order chi connectivity index (χ0) is 7.11. The van der Waals surface area contributed by atoms with Crippen LogP contribution in [0.25, 0.3) is 0 Å². The first kappa shape index (κ1) is 9.15. The minimum atomic E-state index is 0.340. The lowest BCUT2D eigenvalue weighted by Gasteiger charge is -2.02. The standard InChI is InChI=1S/C6H11NS2/c1-3-4-6(9-2)7-5-8/h6H,3-4H2,1-2H3. The molecular formula is C6H11NS2. The lowest BCUT2D eigenvalue weighted by atomic mass is 10.3. The van der Waals surface area contributed by atoms with Crippen LogP contribution in [-0.4, -0.2) is 16.8 Å². The summed E-state index contributed by atoms with van der Waals surface area (Å²) >= 11 is 6.20. The van der Waals surface area contributed by atoms with Crippen LogP contribution in [0.1, 0.15) is 19.8 Å². The van der Waals surface area contributed by atoms with Crippen molar-refractivity contribution in [3.63, 3.8) is 0 Å². The number of thioether (sulfide) groups is 1. The first-order chi connectivity index (χ1) is 4.35. The van der Waals surface area contributed by atoms with E-state index in [2.05, 4.69) is 29.3 Å². The Morgan fingerprint density at radius 2 is 2.44 bits per heavy atom. The highest BCUT2D eigenvalue weighted by Crippen LogP contribution is 2.12. The second-order valence-electron chi connectivity index (χ2n) is 1.70. The third kappa shape index (κ3) is 4.64. The fourth-order valence-electron chi connectivity index (χ4n) is 0.541. The van der Waals surface area contributed by atoms with Gasteiger partial charge in [0.2, 0.25) is 0 Å². The van der Waals surface area contributed by atoms with Gasteiger partial charge in [-0.25, -0.2) is 4.99 Å². The van der Waals surface area contributed by atoms with Gasteiger partial charge < -0.3 is 0 Å². The molecule has 0 rings (SSSR count). The molecule has 1 nitrogen and oxygen atoms in total. The number of isothiocyanates is 1. The summed E-state index contributed by atoms with van der Waals surface area (Å²) in [7, 11) is 0. The molecule has 52 valence electrons. The average Bonchev–Trinajstić information content (AvgIpc) is 1.88. The Bertz CT molecular complexity index is 108. The Balaban J connectivity index is 3.53. The molecule has 0 saturated heterocycles. The molecule has 0 bridgehead atoms. The van der Waals surface area contributed by atoms with Gasteiger partial charge in [0.15, 0.2) is 0 Å². The van der Waals surface area contributed by atoms with Crippen molar-refractivity contribution in [3.8, 4) is 0 Å². The van der Waals surface area contributed by atoms with E-state index in [1.165, 1.54) is 0 Å². The van der Waals surface area contributed by atoms with Gasteiger partial charge in [-0.1, -0.05) is 13.3 Å². The van der Waals surface area contributed by atoms with Crippen molar-refractivity contribution in [3.05, 3.63) is 0 Å². The predicted octanol–water partition coefficient (Wildman–Crippen LogP) is 2.58. The molecule has 0 aromatic rings. The first-order valence-electron chi connectivity index (χ1n) is 2.95. The Morgan fingerprint density at radius 1 is 1.78 bits per heavy atom. The average molecular weight is 161 g/mol. The predicted molar refractivity (Wildman–Crippen MR) is 47.2 cm³/mol. The van der Waals surface area contributed by atoms with Gasteiger partial charge in [-0.2, -0.15) is 0 Å². The molecule has 0 heterocycles. The summed E-state index contributed by atoms with van der Waals surface area (Å²) in [5.41, 5.74) is 0. The van der Waals surface area contributed by atoms with Crippen LogP contribution in [0.2, 0.25) is 0 Å². The van der Waals surface area contributed by atoms with E-state index in [-0.39, 0.29) is 0 Å². The molecule has 0 aliphatic carbocycles. The molecule has 0 fully saturated rings. The fourth-order valence-corrected chi connectivity index (χ4v) is 1.36. The fraction of sp³-hybridized carbons (Fsp3) is 0.833. The number of hydrogen-bond donors (Lipinski definition) is 0. The van der Waals surface area contributed by atoms with Crippen molar-refractivity contribution in [2.75, 3.05) is 6.26 Å². The molecular weight excluding hydrogens is 150 g/mol. The van der Waals surface area contributed by atoms with Gasteiger partial charge >= 0.3 is 0 Å². The molecule has 0 radical (unpaired) electrons. The zero-order valence-electron chi connectivity index (χ0n) is 5.76. The van der Waals surface area contributed by atoms with Crippen molar-refractivity contribution in [1.82, 2.24) is 0 Å². The van der Waals surface area contributed by atoms with Crippen molar-refractivity contribution in [2.45, 2.75) is 25.1 Å². The van der Waals surface area contributed by atoms with E-state index in [0.29, 0.717) is 5.37 Å². The number of thiocarbonyl (C=S) groups is 1. The van der Waals surface area contributed by atoms with Crippen LogP contribution in [0.4, 0.5) is 0 Å². The summed E-state index contributed by atoms with van der Waals surface area (Å²) in [5, 5.41) is 2.73. The summed E-state index contributed by atoms with van der Waals surface area (Å²) in [5.74, 6) is 0. The molecule has 1 atom stereocenters.